The second-order valence-electron chi connectivity index (χ2n) is 3.38. The molecule has 0 aliphatic rings. The van der Waals surface area contributed by atoms with Gasteiger partial charge in [0.2, 0.25) is 0 Å². The lowest BCUT2D eigenvalue weighted by atomic mass is 9.98. The van der Waals surface area contributed by atoms with Gasteiger partial charge in [0.15, 0.2) is 0 Å². The maximum absolute atomic E-state index is 9.19. The fraction of sp³-hybridized carbons (Fsp3) is 0.333. The number of benzene rings is 1. The molecule has 1 rings (SSSR count). The van der Waals surface area contributed by atoms with Gasteiger partial charge in [0.05, 0.1) is 0 Å². The van der Waals surface area contributed by atoms with E-state index in [1.807, 2.05) is 19.9 Å². The lowest BCUT2D eigenvalue weighted by molar-refractivity contribution is 0.474. The summed E-state index contributed by atoms with van der Waals surface area (Å²) in [7, 11) is 0. The van der Waals surface area contributed by atoms with Gasteiger partial charge < -0.3 is 5.11 Å². The van der Waals surface area contributed by atoms with Gasteiger partial charge in [0, 0.05) is 5.92 Å². The molecule has 0 fully saturated rings. The van der Waals surface area contributed by atoms with Crippen LogP contribution in [0.5, 0.6) is 5.75 Å². The smallest absolute Gasteiger partial charge is 0.115 e. The van der Waals surface area contributed by atoms with Crippen LogP contribution in [0.15, 0.2) is 18.2 Å². The molecule has 0 bridgehead atoms. The maximum atomic E-state index is 9.19. The van der Waals surface area contributed by atoms with E-state index in [1.165, 1.54) is 5.56 Å². The summed E-state index contributed by atoms with van der Waals surface area (Å²) < 4.78 is 0. The van der Waals surface area contributed by atoms with Crippen molar-refractivity contribution in [2.45, 2.75) is 20.3 Å². The van der Waals surface area contributed by atoms with Crippen LogP contribution in [0.1, 0.15) is 18.1 Å². The predicted octanol–water partition coefficient (Wildman–Crippen LogP) is 2.51. The second kappa shape index (κ2) is 4.00. The van der Waals surface area contributed by atoms with Crippen LogP contribution in [0, 0.1) is 25.2 Å². The molecule has 1 atom stereocenters. The highest BCUT2D eigenvalue weighted by atomic mass is 16.3. The number of terminal acetylenes is 1. The fourth-order valence-corrected chi connectivity index (χ4v) is 1.30. The van der Waals surface area contributed by atoms with Crippen LogP contribution in [-0.4, -0.2) is 5.11 Å². The Morgan fingerprint density at radius 1 is 1.54 bits per heavy atom. The normalized spacial score (nSPS) is 12.1. The summed E-state index contributed by atoms with van der Waals surface area (Å²) in [6.45, 7) is 4.00. The van der Waals surface area contributed by atoms with E-state index in [0.29, 0.717) is 5.75 Å². The summed E-state index contributed by atoms with van der Waals surface area (Å²) in [6, 6.07) is 5.39. The SMILES string of the molecule is C#CC(C)Cc1ccc(O)cc1C. The van der Waals surface area contributed by atoms with E-state index in [2.05, 4.69) is 5.92 Å². The summed E-state index contributed by atoms with van der Waals surface area (Å²) in [6.07, 6.45) is 6.18. The molecule has 1 N–H and O–H groups in total. The molecule has 0 aromatic heterocycles. The minimum Gasteiger partial charge on any atom is -0.508 e. The minimum atomic E-state index is 0.253. The lowest BCUT2D eigenvalue weighted by Gasteiger charge is -2.07. The Labute approximate surface area is 79.4 Å². The maximum Gasteiger partial charge on any atom is 0.115 e. The second-order valence-corrected chi connectivity index (χ2v) is 3.38. The molecule has 13 heavy (non-hydrogen) atoms. The van der Waals surface area contributed by atoms with Gasteiger partial charge in [-0.25, -0.2) is 0 Å². The zero-order valence-corrected chi connectivity index (χ0v) is 8.04. The Morgan fingerprint density at radius 3 is 2.77 bits per heavy atom. The first-order valence-corrected chi connectivity index (χ1v) is 4.38. The molecule has 0 spiro atoms. The largest absolute Gasteiger partial charge is 0.508 e. The minimum absolute atomic E-state index is 0.253. The van der Waals surface area contributed by atoms with Crippen LogP contribution in [0.3, 0.4) is 0 Å². The van der Waals surface area contributed by atoms with E-state index in [4.69, 9.17) is 6.42 Å². The molecule has 1 aromatic rings. The zero-order valence-electron chi connectivity index (χ0n) is 8.04. The first kappa shape index (κ1) is 9.67. The average Bonchev–Trinajstić information content (AvgIpc) is 2.09. The summed E-state index contributed by atoms with van der Waals surface area (Å²) in [5.74, 6) is 3.26. The first-order valence-electron chi connectivity index (χ1n) is 4.38. The summed E-state index contributed by atoms with van der Waals surface area (Å²) in [4.78, 5) is 0. The van der Waals surface area contributed by atoms with Crippen LogP contribution in [-0.2, 0) is 6.42 Å². The van der Waals surface area contributed by atoms with Gasteiger partial charge in [-0.05, 0) is 36.6 Å². The van der Waals surface area contributed by atoms with Crippen molar-refractivity contribution in [3.8, 4) is 18.1 Å². The van der Waals surface area contributed by atoms with Gasteiger partial charge >= 0.3 is 0 Å². The topological polar surface area (TPSA) is 20.2 Å². The molecule has 0 aliphatic carbocycles. The molecule has 68 valence electrons. The first-order chi connectivity index (χ1) is 6.13. The van der Waals surface area contributed by atoms with Crippen LogP contribution < -0.4 is 0 Å². The summed E-state index contributed by atoms with van der Waals surface area (Å²) in [5, 5.41) is 9.19. The average molecular weight is 174 g/mol. The highest BCUT2D eigenvalue weighted by Crippen LogP contribution is 2.18. The number of phenolic OH excluding ortho intramolecular Hbond substituents is 1. The van der Waals surface area contributed by atoms with Gasteiger partial charge in [-0.1, -0.05) is 13.0 Å². The third kappa shape index (κ3) is 2.52. The number of aryl methyl sites for hydroxylation is 1. The molecule has 1 aromatic carbocycles. The molecule has 0 heterocycles. The third-order valence-corrected chi connectivity index (χ3v) is 2.14. The molecule has 1 unspecified atom stereocenters. The molecule has 0 amide bonds. The van der Waals surface area contributed by atoms with Gasteiger partial charge in [-0.3, -0.25) is 0 Å². The van der Waals surface area contributed by atoms with Crippen molar-refractivity contribution in [1.29, 1.82) is 0 Å². The highest BCUT2D eigenvalue weighted by molar-refractivity contribution is 5.34. The van der Waals surface area contributed by atoms with E-state index in [0.717, 1.165) is 12.0 Å². The molecular formula is C12H14O. The van der Waals surface area contributed by atoms with Crippen molar-refractivity contribution >= 4 is 0 Å². The van der Waals surface area contributed by atoms with E-state index >= 15 is 0 Å². The zero-order chi connectivity index (χ0) is 9.84. The van der Waals surface area contributed by atoms with Gasteiger partial charge in [0.25, 0.3) is 0 Å². The standard InChI is InChI=1S/C12H14O/c1-4-9(2)7-11-5-6-12(13)8-10(11)3/h1,5-6,8-9,13H,7H2,2-3H3. The third-order valence-electron chi connectivity index (χ3n) is 2.14. The van der Waals surface area contributed by atoms with Crippen molar-refractivity contribution in [3.63, 3.8) is 0 Å². The van der Waals surface area contributed by atoms with Crippen LogP contribution >= 0.6 is 0 Å². The Kier molecular flexibility index (Phi) is 2.97. The number of rotatable bonds is 2. The van der Waals surface area contributed by atoms with Gasteiger partial charge in [-0.2, -0.15) is 0 Å². The van der Waals surface area contributed by atoms with Crippen molar-refractivity contribution in [2.24, 2.45) is 5.92 Å². The van der Waals surface area contributed by atoms with Crippen molar-refractivity contribution in [2.75, 3.05) is 0 Å². The highest BCUT2D eigenvalue weighted by Gasteiger charge is 2.03. The van der Waals surface area contributed by atoms with Gasteiger partial charge in [0.1, 0.15) is 5.75 Å². The monoisotopic (exact) mass is 174 g/mol. The molecule has 1 nitrogen and oxygen atoms in total. The Bertz CT molecular complexity index is 333. The van der Waals surface area contributed by atoms with Crippen molar-refractivity contribution in [3.05, 3.63) is 29.3 Å². The van der Waals surface area contributed by atoms with Crippen LogP contribution in [0.2, 0.25) is 0 Å². The quantitative estimate of drug-likeness (QED) is 0.683. The Hall–Kier alpha value is -1.42. The number of hydrogen-bond donors (Lipinski definition) is 1. The molecule has 0 saturated carbocycles. The van der Waals surface area contributed by atoms with Gasteiger partial charge in [-0.15, -0.1) is 12.3 Å². The van der Waals surface area contributed by atoms with Crippen LogP contribution in [0.4, 0.5) is 0 Å². The lowest BCUT2D eigenvalue weighted by Crippen LogP contribution is -1.98. The Balaban J connectivity index is 2.85. The van der Waals surface area contributed by atoms with E-state index in [9.17, 15) is 5.11 Å². The fourth-order valence-electron chi connectivity index (χ4n) is 1.30. The molecule has 0 saturated heterocycles. The van der Waals surface area contributed by atoms with E-state index < -0.39 is 0 Å². The number of hydrogen-bond acceptors (Lipinski definition) is 1. The predicted molar refractivity (Wildman–Crippen MR) is 54.5 cm³/mol. The van der Waals surface area contributed by atoms with E-state index in [-0.39, 0.29) is 5.92 Å². The summed E-state index contributed by atoms with van der Waals surface area (Å²) >= 11 is 0. The van der Waals surface area contributed by atoms with E-state index in [1.54, 1.807) is 12.1 Å². The molecule has 0 radical (unpaired) electrons. The van der Waals surface area contributed by atoms with Crippen molar-refractivity contribution in [1.82, 2.24) is 0 Å². The molecular weight excluding hydrogens is 160 g/mol. The number of aromatic hydroxyl groups is 1. The molecule has 0 aliphatic heterocycles. The number of phenols is 1. The van der Waals surface area contributed by atoms with Crippen molar-refractivity contribution < 1.29 is 5.11 Å². The molecule has 1 heteroatoms. The van der Waals surface area contributed by atoms with Crippen LogP contribution in [0.25, 0.3) is 0 Å². The Morgan fingerprint density at radius 2 is 2.23 bits per heavy atom. The summed E-state index contributed by atoms with van der Waals surface area (Å²) in [5.41, 5.74) is 2.31.